The summed E-state index contributed by atoms with van der Waals surface area (Å²) in [7, 11) is 0. The molecule has 0 heteroatoms. The maximum Gasteiger partial charge on any atom is -0.0121 e. The minimum atomic E-state index is 0.503. The predicted octanol–water partition coefficient (Wildman–Crippen LogP) is 8.32. The summed E-state index contributed by atoms with van der Waals surface area (Å²) in [5.74, 6) is 3.17. The maximum atomic E-state index is 4.22. The minimum absolute atomic E-state index is 0.503. The third kappa shape index (κ3) is 5.92. The molecule has 0 saturated heterocycles. The summed E-state index contributed by atoms with van der Waals surface area (Å²) in [5, 5.41) is 0. The van der Waals surface area contributed by atoms with Crippen LogP contribution < -0.4 is 0 Å². The van der Waals surface area contributed by atoms with Crippen molar-refractivity contribution in [2.75, 3.05) is 0 Å². The van der Waals surface area contributed by atoms with Crippen molar-refractivity contribution in [1.29, 1.82) is 0 Å². The number of hydrogen-bond donors (Lipinski definition) is 0. The van der Waals surface area contributed by atoms with Crippen LogP contribution in [0.4, 0.5) is 0 Å². The molecule has 2 fully saturated rings. The minimum Gasteiger partial charge on any atom is -0.103 e. The van der Waals surface area contributed by atoms with E-state index in [0.717, 1.165) is 17.8 Å². The van der Waals surface area contributed by atoms with Gasteiger partial charge in [-0.2, -0.15) is 0 Å². The van der Waals surface area contributed by atoms with Crippen molar-refractivity contribution in [3.8, 4) is 0 Å². The molecule has 0 aliphatic heterocycles. The fourth-order valence-corrected chi connectivity index (χ4v) is 5.60. The van der Waals surface area contributed by atoms with Gasteiger partial charge in [-0.05, 0) is 68.1 Å². The Balaban J connectivity index is 1.70. The van der Waals surface area contributed by atoms with Gasteiger partial charge in [0, 0.05) is 0 Å². The Labute approximate surface area is 152 Å². The molecule has 0 amide bonds. The van der Waals surface area contributed by atoms with E-state index < -0.39 is 0 Å². The normalized spacial score (nSPS) is 34.2. The maximum absolute atomic E-state index is 4.22. The molecule has 0 aromatic carbocycles. The zero-order valence-corrected chi connectivity index (χ0v) is 16.8. The standard InChI is InChI=1S/C24H44/c1-4-7-9-11-21-12-14-22(15-13-21)23-16-19-24(6-3,20-17-23)18-10-8-5-2/h6,21-23H,3-5,7-20H2,1-2H3. The fourth-order valence-electron chi connectivity index (χ4n) is 5.60. The van der Waals surface area contributed by atoms with Crippen LogP contribution >= 0.6 is 0 Å². The second kappa shape index (κ2) is 10.7. The highest BCUT2D eigenvalue weighted by Crippen LogP contribution is 2.48. The van der Waals surface area contributed by atoms with Gasteiger partial charge in [-0.1, -0.05) is 77.7 Å². The summed E-state index contributed by atoms with van der Waals surface area (Å²) >= 11 is 0. The summed E-state index contributed by atoms with van der Waals surface area (Å²) < 4.78 is 0. The number of hydrogen-bond acceptors (Lipinski definition) is 0. The second-order valence-electron chi connectivity index (χ2n) is 9.14. The van der Waals surface area contributed by atoms with Gasteiger partial charge in [-0.25, -0.2) is 0 Å². The largest absolute Gasteiger partial charge is 0.103 e. The molecule has 24 heavy (non-hydrogen) atoms. The topological polar surface area (TPSA) is 0 Å². The van der Waals surface area contributed by atoms with Crippen molar-refractivity contribution in [2.24, 2.45) is 23.2 Å². The Hall–Kier alpha value is -0.260. The van der Waals surface area contributed by atoms with Crippen molar-refractivity contribution in [3.05, 3.63) is 12.7 Å². The van der Waals surface area contributed by atoms with E-state index in [2.05, 4.69) is 26.5 Å². The number of allylic oxidation sites excluding steroid dienone is 1. The first-order valence-electron chi connectivity index (χ1n) is 11.4. The van der Waals surface area contributed by atoms with Crippen LogP contribution in [0.3, 0.4) is 0 Å². The molecule has 0 aromatic rings. The highest BCUT2D eigenvalue weighted by molar-refractivity contribution is 4.99. The van der Waals surface area contributed by atoms with Crippen LogP contribution in [-0.2, 0) is 0 Å². The fraction of sp³-hybridized carbons (Fsp3) is 0.917. The van der Waals surface area contributed by atoms with E-state index in [9.17, 15) is 0 Å². The van der Waals surface area contributed by atoms with Gasteiger partial charge in [0.05, 0.1) is 0 Å². The highest BCUT2D eigenvalue weighted by atomic mass is 14.4. The molecule has 0 aromatic heterocycles. The molecule has 0 N–H and O–H groups in total. The van der Waals surface area contributed by atoms with E-state index in [0.29, 0.717) is 5.41 Å². The summed E-state index contributed by atoms with van der Waals surface area (Å²) in [6.07, 6.45) is 25.7. The van der Waals surface area contributed by atoms with Gasteiger partial charge >= 0.3 is 0 Å². The molecule has 2 rings (SSSR count). The van der Waals surface area contributed by atoms with Crippen molar-refractivity contribution < 1.29 is 0 Å². The van der Waals surface area contributed by atoms with Crippen molar-refractivity contribution in [3.63, 3.8) is 0 Å². The third-order valence-electron chi connectivity index (χ3n) is 7.51. The zero-order chi connectivity index (χ0) is 17.3. The Morgan fingerprint density at radius 1 is 0.792 bits per heavy atom. The molecular weight excluding hydrogens is 288 g/mol. The van der Waals surface area contributed by atoms with Gasteiger partial charge in [-0.15, -0.1) is 6.58 Å². The SMILES string of the molecule is C=CC1(CCCCC)CCC(C2CCC(CCCCC)CC2)CC1. The smallest absolute Gasteiger partial charge is 0.0121 e. The molecule has 2 aliphatic rings. The molecule has 0 unspecified atom stereocenters. The number of rotatable bonds is 10. The Kier molecular flexibility index (Phi) is 8.92. The van der Waals surface area contributed by atoms with Crippen LogP contribution in [0.15, 0.2) is 12.7 Å². The Morgan fingerprint density at radius 3 is 1.96 bits per heavy atom. The van der Waals surface area contributed by atoms with Crippen molar-refractivity contribution in [2.45, 2.75) is 117 Å². The van der Waals surface area contributed by atoms with Gasteiger partial charge in [0.15, 0.2) is 0 Å². The van der Waals surface area contributed by atoms with E-state index >= 15 is 0 Å². The average Bonchev–Trinajstić information content (AvgIpc) is 2.63. The lowest BCUT2D eigenvalue weighted by Crippen LogP contribution is -2.30. The number of unbranched alkanes of at least 4 members (excludes halogenated alkanes) is 4. The summed E-state index contributed by atoms with van der Waals surface area (Å²) in [6.45, 7) is 8.86. The van der Waals surface area contributed by atoms with Crippen molar-refractivity contribution in [1.82, 2.24) is 0 Å². The van der Waals surface area contributed by atoms with Crippen LogP contribution in [0.5, 0.6) is 0 Å². The summed E-state index contributed by atoms with van der Waals surface area (Å²) in [4.78, 5) is 0. The van der Waals surface area contributed by atoms with Crippen LogP contribution in [0.1, 0.15) is 117 Å². The third-order valence-corrected chi connectivity index (χ3v) is 7.51. The van der Waals surface area contributed by atoms with Crippen LogP contribution in [0, 0.1) is 23.2 Å². The van der Waals surface area contributed by atoms with Gasteiger partial charge in [-0.3, -0.25) is 0 Å². The van der Waals surface area contributed by atoms with E-state index in [1.165, 1.54) is 89.9 Å². The molecule has 0 spiro atoms. The lowest BCUT2D eigenvalue weighted by atomic mass is 9.63. The quantitative estimate of drug-likeness (QED) is 0.278. The monoisotopic (exact) mass is 332 g/mol. The first kappa shape index (κ1) is 20.1. The first-order chi connectivity index (χ1) is 11.7. The zero-order valence-electron chi connectivity index (χ0n) is 16.8. The molecule has 0 nitrogen and oxygen atoms in total. The molecule has 0 heterocycles. The van der Waals surface area contributed by atoms with Gasteiger partial charge in [0.1, 0.15) is 0 Å². The molecule has 2 saturated carbocycles. The Bertz CT molecular complexity index is 326. The molecule has 2 aliphatic carbocycles. The molecule has 0 atom stereocenters. The molecule has 140 valence electrons. The lowest BCUT2D eigenvalue weighted by Gasteiger charge is -2.42. The van der Waals surface area contributed by atoms with Gasteiger partial charge < -0.3 is 0 Å². The van der Waals surface area contributed by atoms with Gasteiger partial charge in [0.25, 0.3) is 0 Å². The van der Waals surface area contributed by atoms with Crippen LogP contribution in [0.2, 0.25) is 0 Å². The first-order valence-corrected chi connectivity index (χ1v) is 11.4. The van der Waals surface area contributed by atoms with E-state index in [4.69, 9.17) is 0 Å². The van der Waals surface area contributed by atoms with Crippen LogP contribution in [-0.4, -0.2) is 0 Å². The molecule has 0 radical (unpaired) electrons. The highest BCUT2D eigenvalue weighted by Gasteiger charge is 2.36. The average molecular weight is 333 g/mol. The lowest BCUT2D eigenvalue weighted by molar-refractivity contribution is 0.111. The predicted molar refractivity (Wildman–Crippen MR) is 108 cm³/mol. The van der Waals surface area contributed by atoms with E-state index in [1.54, 1.807) is 12.8 Å². The summed E-state index contributed by atoms with van der Waals surface area (Å²) in [6, 6.07) is 0. The summed E-state index contributed by atoms with van der Waals surface area (Å²) in [5.41, 5.74) is 0.503. The van der Waals surface area contributed by atoms with Crippen LogP contribution in [0.25, 0.3) is 0 Å². The molecule has 0 bridgehead atoms. The van der Waals surface area contributed by atoms with Gasteiger partial charge in [0.2, 0.25) is 0 Å². The Morgan fingerprint density at radius 2 is 1.38 bits per heavy atom. The second-order valence-corrected chi connectivity index (χ2v) is 9.14. The van der Waals surface area contributed by atoms with E-state index in [-0.39, 0.29) is 0 Å². The molecular formula is C24H44. The van der Waals surface area contributed by atoms with E-state index in [1.807, 2.05) is 0 Å². The van der Waals surface area contributed by atoms with Crippen molar-refractivity contribution >= 4 is 0 Å².